The van der Waals surface area contributed by atoms with E-state index in [1.807, 2.05) is 0 Å². The summed E-state index contributed by atoms with van der Waals surface area (Å²) in [5.74, 6) is -0.544. The lowest BCUT2D eigenvalue weighted by Gasteiger charge is -2.17. The average Bonchev–Trinajstić information content (AvgIpc) is 2.31. The molecule has 0 bridgehead atoms. The van der Waals surface area contributed by atoms with Gasteiger partial charge >= 0.3 is 0 Å². The van der Waals surface area contributed by atoms with Crippen LogP contribution in [0.1, 0.15) is 18.6 Å². The average molecular weight is 277 g/mol. The van der Waals surface area contributed by atoms with Crippen molar-refractivity contribution >= 4 is 18.3 Å². The SMILES string of the molecule is COC(CNC(=O)[C@@H](C)N)c1ccc(F)cc1.Cl. The molecule has 1 rings (SSSR count). The van der Waals surface area contributed by atoms with Crippen molar-refractivity contribution in [3.05, 3.63) is 35.6 Å². The zero-order valence-electron chi connectivity index (χ0n) is 10.4. The number of hydrogen-bond donors (Lipinski definition) is 2. The Balaban J connectivity index is 0.00000289. The summed E-state index contributed by atoms with van der Waals surface area (Å²) < 4.78 is 18.0. The highest BCUT2D eigenvalue weighted by Gasteiger charge is 2.13. The van der Waals surface area contributed by atoms with Crippen molar-refractivity contribution < 1.29 is 13.9 Å². The van der Waals surface area contributed by atoms with Crippen LogP contribution in [0, 0.1) is 5.82 Å². The summed E-state index contributed by atoms with van der Waals surface area (Å²) in [6.07, 6.45) is -0.307. The van der Waals surface area contributed by atoms with Crippen LogP contribution in [0.5, 0.6) is 0 Å². The van der Waals surface area contributed by atoms with Crippen LogP contribution in [0.3, 0.4) is 0 Å². The maximum Gasteiger partial charge on any atom is 0.236 e. The topological polar surface area (TPSA) is 64.3 Å². The standard InChI is InChI=1S/C12H17FN2O2.ClH/c1-8(14)12(16)15-7-11(17-2)9-3-5-10(13)6-4-9;/h3-6,8,11H,7,14H2,1-2H3,(H,15,16);1H/t8-,11?;/m1./s1. The Bertz CT molecular complexity index is 371. The first-order chi connectivity index (χ1) is 8.04. The van der Waals surface area contributed by atoms with Crippen molar-refractivity contribution in [2.24, 2.45) is 5.73 Å². The lowest BCUT2D eigenvalue weighted by Crippen LogP contribution is -2.40. The second kappa shape index (κ2) is 8.02. The zero-order chi connectivity index (χ0) is 12.8. The summed E-state index contributed by atoms with van der Waals surface area (Å²) in [5.41, 5.74) is 6.22. The van der Waals surface area contributed by atoms with E-state index in [4.69, 9.17) is 10.5 Å². The molecule has 0 aliphatic rings. The summed E-state index contributed by atoms with van der Waals surface area (Å²) in [4.78, 5) is 11.3. The highest BCUT2D eigenvalue weighted by Crippen LogP contribution is 2.15. The second-order valence-electron chi connectivity index (χ2n) is 3.81. The minimum Gasteiger partial charge on any atom is -0.375 e. The number of benzene rings is 1. The molecule has 0 saturated heterocycles. The molecule has 0 aliphatic carbocycles. The molecular formula is C12H18ClFN2O2. The summed E-state index contributed by atoms with van der Waals surface area (Å²) in [6, 6.07) is 5.41. The van der Waals surface area contributed by atoms with Gasteiger partial charge in [0.2, 0.25) is 5.91 Å². The lowest BCUT2D eigenvalue weighted by molar-refractivity contribution is -0.122. The maximum atomic E-state index is 12.7. The number of halogens is 2. The van der Waals surface area contributed by atoms with Crippen LogP contribution in [0.25, 0.3) is 0 Å². The first-order valence-corrected chi connectivity index (χ1v) is 5.36. The molecule has 0 radical (unpaired) electrons. The molecule has 102 valence electrons. The predicted molar refractivity (Wildman–Crippen MR) is 70.1 cm³/mol. The van der Waals surface area contributed by atoms with Gasteiger partial charge in [0, 0.05) is 13.7 Å². The number of amides is 1. The molecule has 1 unspecified atom stereocenters. The van der Waals surface area contributed by atoms with Crippen molar-refractivity contribution in [2.75, 3.05) is 13.7 Å². The molecule has 4 nitrogen and oxygen atoms in total. The van der Waals surface area contributed by atoms with Gasteiger partial charge in [-0.1, -0.05) is 12.1 Å². The molecule has 1 amide bonds. The molecule has 0 spiro atoms. The fraction of sp³-hybridized carbons (Fsp3) is 0.417. The molecule has 1 aromatic carbocycles. The van der Waals surface area contributed by atoms with Gasteiger partial charge in [-0.15, -0.1) is 12.4 Å². The van der Waals surface area contributed by atoms with E-state index in [0.29, 0.717) is 6.54 Å². The summed E-state index contributed by atoms with van der Waals surface area (Å²) in [7, 11) is 1.53. The fourth-order valence-electron chi connectivity index (χ4n) is 1.37. The van der Waals surface area contributed by atoms with E-state index in [2.05, 4.69) is 5.32 Å². The molecule has 0 saturated carbocycles. The van der Waals surface area contributed by atoms with E-state index in [9.17, 15) is 9.18 Å². The quantitative estimate of drug-likeness (QED) is 0.854. The highest BCUT2D eigenvalue weighted by molar-refractivity contribution is 5.85. The number of carbonyl (C=O) groups is 1. The molecule has 0 heterocycles. The number of methoxy groups -OCH3 is 1. The second-order valence-corrected chi connectivity index (χ2v) is 3.81. The van der Waals surface area contributed by atoms with Crippen LogP contribution < -0.4 is 11.1 Å². The smallest absolute Gasteiger partial charge is 0.236 e. The first kappa shape index (κ1) is 16.8. The summed E-state index contributed by atoms with van der Waals surface area (Å²) >= 11 is 0. The Morgan fingerprint density at radius 2 is 2.00 bits per heavy atom. The monoisotopic (exact) mass is 276 g/mol. The molecule has 6 heteroatoms. The van der Waals surface area contributed by atoms with Gasteiger partial charge in [-0.2, -0.15) is 0 Å². The van der Waals surface area contributed by atoms with Crippen LogP contribution >= 0.6 is 12.4 Å². The van der Waals surface area contributed by atoms with Crippen molar-refractivity contribution in [2.45, 2.75) is 19.1 Å². The summed E-state index contributed by atoms with van der Waals surface area (Å²) in [6.45, 7) is 1.91. The minimum atomic E-state index is -0.555. The number of nitrogens with two attached hydrogens (primary N) is 1. The van der Waals surface area contributed by atoms with Crippen LogP contribution in [0.4, 0.5) is 4.39 Å². The van der Waals surface area contributed by atoms with Crippen LogP contribution in [-0.4, -0.2) is 25.6 Å². The van der Waals surface area contributed by atoms with Crippen LogP contribution in [0.15, 0.2) is 24.3 Å². The van der Waals surface area contributed by atoms with Gasteiger partial charge in [0.05, 0.1) is 12.1 Å². The molecule has 18 heavy (non-hydrogen) atoms. The van der Waals surface area contributed by atoms with Crippen molar-refractivity contribution in [3.8, 4) is 0 Å². The largest absolute Gasteiger partial charge is 0.375 e. The lowest BCUT2D eigenvalue weighted by atomic mass is 10.1. The van der Waals surface area contributed by atoms with E-state index >= 15 is 0 Å². The van der Waals surface area contributed by atoms with Gasteiger partial charge in [0.15, 0.2) is 0 Å². The molecule has 0 aliphatic heterocycles. The van der Waals surface area contributed by atoms with Gasteiger partial charge < -0.3 is 15.8 Å². The fourth-order valence-corrected chi connectivity index (χ4v) is 1.37. The van der Waals surface area contributed by atoms with Crippen molar-refractivity contribution in [3.63, 3.8) is 0 Å². The highest BCUT2D eigenvalue weighted by atomic mass is 35.5. The van der Waals surface area contributed by atoms with Gasteiger partial charge in [0.1, 0.15) is 5.82 Å². The number of hydrogen-bond acceptors (Lipinski definition) is 3. The molecule has 1 aromatic rings. The molecule has 0 fully saturated rings. The van der Waals surface area contributed by atoms with Crippen molar-refractivity contribution in [1.29, 1.82) is 0 Å². The maximum absolute atomic E-state index is 12.7. The van der Waals surface area contributed by atoms with Gasteiger partial charge in [-0.05, 0) is 24.6 Å². The van der Waals surface area contributed by atoms with E-state index in [0.717, 1.165) is 5.56 Å². The third-order valence-corrected chi connectivity index (χ3v) is 2.40. The first-order valence-electron chi connectivity index (χ1n) is 5.36. The number of ether oxygens (including phenoxy) is 1. The van der Waals surface area contributed by atoms with Crippen molar-refractivity contribution in [1.82, 2.24) is 5.32 Å². The van der Waals surface area contributed by atoms with Crippen LogP contribution in [-0.2, 0) is 9.53 Å². The van der Waals surface area contributed by atoms with Gasteiger partial charge in [-0.3, -0.25) is 4.79 Å². The number of nitrogens with one attached hydrogen (secondary N) is 1. The molecule has 2 atom stereocenters. The minimum absolute atomic E-state index is 0. The number of rotatable bonds is 5. The third kappa shape index (κ3) is 5.00. The normalized spacial score (nSPS) is 13.3. The van der Waals surface area contributed by atoms with E-state index in [1.165, 1.54) is 19.2 Å². The molecule has 0 aromatic heterocycles. The molecule has 3 N–H and O–H groups in total. The van der Waals surface area contributed by atoms with E-state index < -0.39 is 6.04 Å². The Kier molecular flexibility index (Phi) is 7.50. The summed E-state index contributed by atoms with van der Waals surface area (Å²) in [5, 5.41) is 2.66. The third-order valence-electron chi connectivity index (χ3n) is 2.40. The van der Waals surface area contributed by atoms with Gasteiger partial charge in [0.25, 0.3) is 0 Å². The Morgan fingerprint density at radius 1 is 1.44 bits per heavy atom. The van der Waals surface area contributed by atoms with E-state index in [1.54, 1.807) is 19.1 Å². The van der Waals surface area contributed by atoms with E-state index in [-0.39, 0.29) is 30.2 Å². The molecular weight excluding hydrogens is 259 g/mol. The Labute approximate surface area is 112 Å². The van der Waals surface area contributed by atoms with Crippen LogP contribution in [0.2, 0.25) is 0 Å². The number of carbonyl (C=O) groups excluding carboxylic acids is 1. The zero-order valence-corrected chi connectivity index (χ0v) is 11.2. The Hall–Kier alpha value is -1.17. The Morgan fingerprint density at radius 3 is 2.44 bits per heavy atom. The predicted octanol–water partition coefficient (Wildman–Crippen LogP) is 1.40. The van der Waals surface area contributed by atoms with Gasteiger partial charge in [-0.25, -0.2) is 4.39 Å².